The molecular weight excluding hydrogens is 224 g/mol. The molecule has 0 aromatic heterocycles. The highest BCUT2D eigenvalue weighted by molar-refractivity contribution is 5.79. The molecular formula is C11H20N2O4. The summed E-state index contributed by atoms with van der Waals surface area (Å²) in [5.41, 5.74) is 4.88. The van der Waals surface area contributed by atoms with Crippen LogP contribution in [0.15, 0.2) is 0 Å². The third kappa shape index (κ3) is 3.67. The lowest BCUT2D eigenvalue weighted by Gasteiger charge is -2.48. The van der Waals surface area contributed by atoms with Crippen molar-refractivity contribution in [3.05, 3.63) is 0 Å². The van der Waals surface area contributed by atoms with Gasteiger partial charge in [-0.1, -0.05) is 6.92 Å². The van der Waals surface area contributed by atoms with Gasteiger partial charge in [-0.2, -0.15) is 0 Å². The van der Waals surface area contributed by atoms with Gasteiger partial charge in [0, 0.05) is 5.92 Å². The molecule has 1 unspecified atom stereocenters. The minimum absolute atomic E-state index is 0.0619. The second-order valence-corrected chi connectivity index (χ2v) is 4.81. The summed E-state index contributed by atoms with van der Waals surface area (Å²) in [5, 5.41) is 8.51. The Labute approximate surface area is 101 Å². The average molecular weight is 244 g/mol. The summed E-state index contributed by atoms with van der Waals surface area (Å²) in [7, 11) is 0. The molecule has 1 atom stereocenters. The molecule has 17 heavy (non-hydrogen) atoms. The molecule has 1 aliphatic heterocycles. The molecule has 98 valence electrons. The fraction of sp³-hybridized carbons (Fsp3) is 0.818. The molecule has 1 amide bonds. The summed E-state index contributed by atoms with van der Waals surface area (Å²) in [6.07, 6.45) is 0.669. The molecule has 0 bridgehead atoms. The molecule has 3 N–H and O–H groups in total. The van der Waals surface area contributed by atoms with Crippen molar-refractivity contribution in [3.8, 4) is 0 Å². The van der Waals surface area contributed by atoms with E-state index in [4.69, 9.17) is 15.6 Å². The van der Waals surface area contributed by atoms with Crippen LogP contribution in [0.3, 0.4) is 0 Å². The SMILES string of the molecule is CC(CCN)C(=O)N1CC(C)(OCC(=O)O)C1. The molecule has 0 saturated carbocycles. The monoisotopic (exact) mass is 244 g/mol. The van der Waals surface area contributed by atoms with Gasteiger partial charge in [0.1, 0.15) is 12.2 Å². The van der Waals surface area contributed by atoms with Gasteiger partial charge in [-0.05, 0) is 19.9 Å². The number of carbonyl (C=O) groups is 2. The zero-order valence-corrected chi connectivity index (χ0v) is 10.3. The Bertz CT molecular complexity index is 300. The predicted molar refractivity (Wildman–Crippen MR) is 61.4 cm³/mol. The smallest absolute Gasteiger partial charge is 0.329 e. The summed E-state index contributed by atoms with van der Waals surface area (Å²) in [6, 6.07) is 0. The van der Waals surface area contributed by atoms with Crippen LogP contribution in [-0.4, -0.2) is 53.7 Å². The zero-order chi connectivity index (χ0) is 13.1. The number of carboxylic acid groups (broad SMARTS) is 1. The van der Waals surface area contributed by atoms with Crippen LogP contribution >= 0.6 is 0 Å². The van der Waals surface area contributed by atoms with Crippen LogP contribution in [0.5, 0.6) is 0 Å². The fourth-order valence-corrected chi connectivity index (χ4v) is 1.93. The lowest BCUT2D eigenvalue weighted by atomic mass is 9.93. The summed E-state index contributed by atoms with van der Waals surface area (Å²) in [6.45, 7) is 4.74. The van der Waals surface area contributed by atoms with Crippen LogP contribution < -0.4 is 5.73 Å². The first-order valence-corrected chi connectivity index (χ1v) is 5.72. The first-order chi connectivity index (χ1) is 7.88. The van der Waals surface area contributed by atoms with Gasteiger partial charge in [-0.15, -0.1) is 0 Å². The number of carbonyl (C=O) groups excluding carboxylic acids is 1. The van der Waals surface area contributed by atoms with Crippen molar-refractivity contribution in [3.63, 3.8) is 0 Å². The van der Waals surface area contributed by atoms with Gasteiger partial charge < -0.3 is 20.5 Å². The van der Waals surface area contributed by atoms with E-state index in [2.05, 4.69) is 0 Å². The quantitative estimate of drug-likeness (QED) is 0.667. The minimum atomic E-state index is -0.993. The standard InChI is InChI=1S/C11H20N2O4/c1-8(3-4-12)10(16)13-6-11(2,7-13)17-5-9(14)15/h8H,3-7,12H2,1-2H3,(H,14,15). The molecule has 6 heteroatoms. The fourth-order valence-electron chi connectivity index (χ4n) is 1.93. The lowest BCUT2D eigenvalue weighted by molar-refractivity contribution is -0.175. The van der Waals surface area contributed by atoms with Gasteiger partial charge in [0.2, 0.25) is 5.91 Å². The Morgan fingerprint density at radius 3 is 2.59 bits per heavy atom. The van der Waals surface area contributed by atoms with Gasteiger partial charge in [0.25, 0.3) is 0 Å². The molecule has 1 saturated heterocycles. The van der Waals surface area contributed by atoms with Gasteiger partial charge in [-0.3, -0.25) is 4.79 Å². The first-order valence-electron chi connectivity index (χ1n) is 5.72. The van der Waals surface area contributed by atoms with Crippen molar-refractivity contribution in [2.45, 2.75) is 25.9 Å². The molecule has 6 nitrogen and oxygen atoms in total. The Morgan fingerprint density at radius 1 is 1.53 bits per heavy atom. The molecule has 0 aliphatic carbocycles. The number of carboxylic acids is 1. The highest BCUT2D eigenvalue weighted by Gasteiger charge is 2.43. The summed E-state index contributed by atoms with van der Waals surface area (Å²) < 4.78 is 5.23. The number of likely N-dealkylation sites (tertiary alicyclic amines) is 1. The van der Waals surface area contributed by atoms with E-state index in [1.54, 1.807) is 4.90 Å². The number of hydrogen-bond donors (Lipinski definition) is 2. The van der Waals surface area contributed by atoms with E-state index in [1.165, 1.54) is 0 Å². The van der Waals surface area contributed by atoms with Gasteiger partial charge in [0.05, 0.1) is 13.1 Å². The molecule has 1 aliphatic rings. The molecule has 1 rings (SSSR count). The van der Waals surface area contributed by atoms with Crippen molar-refractivity contribution >= 4 is 11.9 Å². The van der Waals surface area contributed by atoms with E-state index < -0.39 is 11.6 Å². The minimum Gasteiger partial charge on any atom is -0.480 e. The van der Waals surface area contributed by atoms with Crippen LogP contribution in [-0.2, 0) is 14.3 Å². The Balaban J connectivity index is 2.34. The molecule has 1 fully saturated rings. The van der Waals surface area contributed by atoms with E-state index in [-0.39, 0.29) is 18.4 Å². The molecule has 0 aromatic carbocycles. The third-order valence-electron chi connectivity index (χ3n) is 2.93. The molecule has 1 heterocycles. The van der Waals surface area contributed by atoms with E-state index in [9.17, 15) is 9.59 Å². The van der Waals surface area contributed by atoms with Crippen molar-refractivity contribution in [2.24, 2.45) is 11.7 Å². The maximum Gasteiger partial charge on any atom is 0.329 e. The lowest BCUT2D eigenvalue weighted by Crippen LogP contribution is -2.64. The Hall–Kier alpha value is -1.14. The highest BCUT2D eigenvalue weighted by atomic mass is 16.5. The van der Waals surface area contributed by atoms with Crippen LogP contribution in [0.25, 0.3) is 0 Å². The number of nitrogens with zero attached hydrogens (tertiary/aromatic N) is 1. The summed E-state index contributed by atoms with van der Waals surface area (Å²) in [4.78, 5) is 23.9. The van der Waals surface area contributed by atoms with E-state index >= 15 is 0 Å². The van der Waals surface area contributed by atoms with Crippen LogP contribution in [0.1, 0.15) is 20.3 Å². The van der Waals surface area contributed by atoms with E-state index in [0.29, 0.717) is 26.1 Å². The maximum absolute atomic E-state index is 11.8. The number of amides is 1. The maximum atomic E-state index is 11.8. The largest absolute Gasteiger partial charge is 0.480 e. The topological polar surface area (TPSA) is 92.9 Å². The number of hydrogen-bond acceptors (Lipinski definition) is 4. The van der Waals surface area contributed by atoms with Crippen molar-refractivity contribution in [1.29, 1.82) is 0 Å². The normalized spacial score (nSPS) is 19.6. The second kappa shape index (κ2) is 5.46. The Morgan fingerprint density at radius 2 is 2.12 bits per heavy atom. The van der Waals surface area contributed by atoms with E-state index in [0.717, 1.165) is 0 Å². The van der Waals surface area contributed by atoms with Crippen molar-refractivity contribution < 1.29 is 19.4 Å². The van der Waals surface area contributed by atoms with E-state index in [1.807, 2.05) is 13.8 Å². The number of ether oxygens (including phenoxy) is 1. The summed E-state index contributed by atoms with van der Waals surface area (Å²) >= 11 is 0. The summed E-state index contributed by atoms with van der Waals surface area (Å²) in [5.74, 6) is -1.01. The number of aliphatic carboxylic acids is 1. The molecule has 0 spiro atoms. The Kier molecular flexibility index (Phi) is 4.47. The molecule has 0 aromatic rings. The average Bonchev–Trinajstić information content (AvgIpc) is 2.22. The zero-order valence-electron chi connectivity index (χ0n) is 10.3. The molecule has 0 radical (unpaired) electrons. The third-order valence-corrected chi connectivity index (χ3v) is 2.93. The van der Waals surface area contributed by atoms with Gasteiger partial charge >= 0.3 is 5.97 Å². The van der Waals surface area contributed by atoms with Crippen LogP contribution in [0, 0.1) is 5.92 Å². The number of nitrogens with two attached hydrogens (primary N) is 1. The van der Waals surface area contributed by atoms with Gasteiger partial charge in [0.15, 0.2) is 0 Å². The van der Waals surface area contributed by atoms with Gasteiger partial charge in [-0.25, -0.2) is 4.79 Å². The van der Waals surface area contributed by atoms with Crippen molar-refractivity contribution in [2.75, 3.05) is 26.2 Å². The first kappa shape index (κ1) is 13.9. The number of rotatable bonds is 6. The van der Waals surface area contributed by atoms with Crippen LogP contribution in [0.4, 0.5) is 0 Å². The second-order valence-electron chi connectivity index (χ2n) is 4.81. The highest BCUT2D eigenvalue weighted by Crippen LogP contribution is 2.26. The predicted octanol–water partition coefficient (Wildman–Crippen LogP) is -0.327. The van der Waals surface area contributed by atoms with Crippen LogP contribution in [0.2, 0.25) is 0 Å². The van der Waals surface area contributed by atoms with Crippen molar-refractivity contribution in [1.82, 2.24) is 4.90 Å².